The quantitative estimate of drug-likeness (QED) is 0.773. The molecule has 1 heterocycles. The lowest BCUT2D eigenvalue weighted by atomic mass is 9.66. The lowest BCUT2D eigenvalue weighted by Crippen LogP contribution is -2.46. The second-order valence-electron chi connectivity index (χ2n) is 5.48. The number of nitrogens with zero attached hydrogens (tertiary/aromatic N) is 1. The molecule has 6 heteroatoms. The zero-order valence-electron chi connectivity index (χ0n) is 11.7. The van der Waals surface area contributed by atoms with Crippen LogP contribution in [0.3, 0.4) is 0 Å². The molecule has 108 valence electrons. The van der Waals surface area contributed by atoms with E-state index in [1.807, 2.05) is 11.8 Å². The highest BCUT2D eigenvalue weighted by atomic mass is 16.5. The summed E-state index contributed by atoms with van der Waals surface area (Å²) in [5, 5.41) is 4.97. The summed E-state index contributed by atoms with van der Waals surface area (Å²) in [6.45, 7) is 4.46. The normalized spacial score (nSPS) is 29.2. The van der Waals surface area contributed by atoms with E-state index in [9.17, 15) is 9.59 Å². The maximum absolute atomic E-state index is 12.0. The molecule has 0 aromatic carbocycles. The summed E-state index contributed by atoms with van der Waals surface area (Å²) in [6.07, 6.45) is 3.56. The van der Waals surface area contributed by atoms with Gasteiger partial charge in [0.15, 0.2) is 0 Å². The minimum absolute atomic E-state index is 0.000310. The molecule has 3 amide bonds. The van der Waals surface area contributed by atoms with Crippen LogP contribution in [-0.2, 0) is 9.53 Å². The van der Waals surface area contributed by atoms with Gasteiger partial charge in [-0.1, -0.05) is 0 Å². The Labute approximate surface area is 113 Å². The van der Waals surface area contributed by atoms with Crippen LogP contribution in [0.4, 0.5) is 4.79 Å². The zero-order chi connectivity index (χ0) is 13.9. The Balaban J connectivity index is 1.73. The predicted molar refractivity (Wildman–Crippen MR) is 70.7 cm³/mol. The van der Waals surface area contributed by atoms with Crippen molar-refractivity contribution >= 4 is 11.9 Å². The third-order valence-electron chi connectivity index (χ3n) is 4.14. The van der Waals surface area contributed by atoms with Crippen molar-refractivity contribution in [3.05, 3.63) is 0 Å². The van der Waals surface area contributed by atoms with Gasteiger partial charge in [-0.15, -0.1) is 0 Å². The Bertz CT molecular complexity index is 353. The number of hydrogen-bond acceptors (Lipinski definition) is 3. The van der Waals surface area contributed by atoms with E-state index in [0.717, 1.165) is 39.0 Å². The SMILES string of the molecule is CCOC1CC2(CCN(C(=O)CNC(=O)NC)C2)C1. The number of hydrogen-bond donors (Lipinski definition) is 2. The summed E-state index contributed by atoms with van der Waals surface area (Å²) in [5.74, 6) is 0.000310. The number of urea groups is 1. The van der Waals surface area contributed by atoms with Crippen molar-refractivity contribution in [1.82, 2.24) is 15.5 Å². The summed E-state index contributed by atoms with van der Waals surface area (Å²) >= 11 is 0. The van der Waals surface area contributed by atoms with Gasteiger partial charge < -0.3 is 20.3 Å². The topological polar surface area (TPSA) is 70.7 Å². The van der Waals surface area contributed by atoms with Crippen molar-refractivity contribution in [2.45, 2.75) is 32.3 Å². The van der Waals surface area contributed by atoms with Crippen molar-refractivity contribution in [2.24, 2.45) is 5.41 Å². The number of rotatable bonds is 4. The van der Waals surface area contributed by atoms with Crippen LogP contribution in [-0.4, -0.2) is 56.2 Å². The van der Waals surface area contributed by atoms with Crippen LogP contribution in [0.15, 0.2) is 0 Å². The van der Waals surface area contributed by atoms with Gasteiger partial charge in [0.1, 0.15) is 0 Å². The Morgan fingerprint density at radius 2 is 2.16 bits per heavy atom. The van der Waals surface area contributed by atoms with Gasteiger partial charge in [-0.2, -0.15) is 0 Å². The van der Waals surface area contributed by atoms with Gasteiger partial charge in [-0.25, -0.2) is 4.79 Å². The van der Waals surface area contributed by atoms with Gasteiger partial charge in [0.2, 0.25) is 5.91 Å². The third kappa shape index (κ3) is 3.18. The molecule has 0 aromatic heterocycles. The Morgan fingerprint density at radius 1 is 1.42 bits per heavy atom. The van der Waals surface area contributed by atoms with Crippen molar-refractivity contribution in [3.8, 4) is 0 Å². The molecule has 2 rings (SSSR count). The van der Waals surface area contributed by atoms with E-state index in [1.54, 1.807) is 0 Å². The van der Waals surface area contributed by atoms with Crippen LogP contribution in [0.2, 0.25) is 0 Å². The molecule has 0 aromatic rings. The number of carbonyl (C=O) groups excluding carboxylic acids is 2. The Hall–Kier alpha value is -1.30. The fourth-order valence-corrected chi connectivity index (χ4v) is 3.10. The maximum Gasteiger partial charge on any atom is 0.314 e. The first-order chi connectivity index (χ1) is 9.08. The van der Waals surface area contributed by atoms with Crippen LogP contribution >= 0.6 is 0 Å². The van der Waals surface area contributed by atoms with E-state index in [-0.39, 0.29) is 23.9 Å². The second kappa shape index (κ2) is 5.77. The molecule has 6 nitrogen and oxygen atoms in total. The zero-order valence-corrected chi connectivity index (χ0v) is 11.7. The molecule has 2 aliphatic rings. The molecule has 1 saturated carbocycles. The van der Waals surface area contributed by atoms with Gasteiger partial charge in [-0.05, 0) is 31.6 Å². The number of carbonyl (C=O) groups is 2. The van der Waals surface area contributed by atoms with Crippen molar-refractivity contribution < 1.29 is 14.3 Å². The predicted octanol–water partition coefficient (Wildman–Crippen LogP) is 0.333. The summed E-state index contributed by atoms with van der Waals surface area (Å²) in [6, 6.07) is -0.317. The standard InChI is InChI=1S/C13H23N3O3/c1-3-19-10-6-13(7-10)4-5-16(9-13)11(17)8-15-12(18)14-2/h10H,3-9H2,1-2H3,(H2,14,15,18). The summed E-state index contributed by atoms with van der Waals surface area (Å²) in [5.41, 5.74) is 0.280. The van der Waals surface area contributed by atoms with Gasteiger partial charge in [0.25, 0.3) is 0 Å². The van der Waals surface area contributed by atoms with Crippen LogP contribution < -0.4 is 10.6 Å². The average Bonchev–Trinajstić information content (AvgIpc) is 2.80. The molecule has 2 N–H and O–H groups in total. The van der Waals surface area contributed by atoms with Gasteiger partial charge in [0, 0.05) is 26.7 Å². The second-order valence-corrected chi connectivity index (χ2v) is 5.48. The number of ether oxygens (including phenoxy) is 1. The van der Waals surface area contributed by atoms with Crippen molar-refractivity contribution in [1.29, 1.82) is 0 Å². The van der Waals surface area contributed by atoms with Gasteiger partial charge in [-0.3, -0.25) is 4.79 Å². The number of likely N-dealkylation sites (tertiary alicyclic amines) is 1. The van der Waals surface area contributed by atoms with E-state index in [1.165, 1.54) is 7.05 Å². The summed E-state index contributed by atoms with van der Waals surface area (Å²) < 4.78 is 5.59. The average molecular weight is 269 g/mol. The van der Waals surface area contributed by atoms with Gasteiger partial charge in [0.05, 0.1) is 12.6 Å². The molecule has 19 heavy (non-hydrogen) atoms. The lowest BCUT2D eigenvalue weighted by Gasteiger charge is -2.44. The van der Waals surface area contributed by atoms with Crippen molar-refractivity contribution in [2.75, 3.05) is 33.3 Å². The summed E-state index contributed by atoms with van der Waals surface area (Å²) in [4.78, 5) is 24.8. The van der Waals surface area contributed by atoms with Crippen LogP contribution in [0.25, 0.3) is 0 Å². The monoisotopic (exact) mass is 269 g/mol. The van der Waals surface area contributed by atoms with E-state index in [0.29, 0.717) is 6.10 Å². The molecule has 1 aliphatic carbocycles. The van der Waals surface area contributed by atoms with E-state index in [2.05, 4.69) is 10.6 Å². The van der Waals surface area contributed by atoms with E-state index >= 15 is 0 Å². The van der Waals surface area contributed by atoms with Crippen molar-refractivity contribution in [3.63, 3.8) is 0 Å². The van der Waals surface area contributed by atoms with E-state index < -0.39 is 0 Å². The van der Waals surface area contributed by atoms with Crippen LogP contribution in [0, 0.1) is 5.41 Å². The molecule has 0 atom stereocenters. The fourth-order valence-electron chi connectivity index (χ4n) is 3.10. The van der Waals surface area contributed by atoms with Crippen LogP contribution in [0.1, 0.15) is 26.2 Å². The largest absolute Gasteiger partial charge is 0.378 e. The van der Waals surface area contributed by atoms with Crippen LogP contribution in [0.5, 0.6) is 0 Å². The first-order valence-corrected chi connectivity index (χ1v) is 6.93. The highest BCUT2D eigenvalue weighted by molar-refractivity contribution is 5.84. The minimum Gasteiger partial charge on any atom is -0.378 e. The smallest absolute Gasteiger partial charge is 0.314 e. The molecule has 0 unspecified atom stereocenters. The molecule has 1 spiro atoms. The molecule has 1 saturated heterocycles. The molecular weight excluding hydrogens is 246 g/mol. The first kappa shape index (κ1) is 14.1. The third-order valence-corrected chi connectivity index (χ3v) is 4.14. The molecular formula is C13H23N3O3. The molecule has 0 radical (unpaired) electrons. The number of amides is 3. The maximum atomic E-state index is 12.0. The highest BCUT2D eigenvalue weighted by Gasteiger charge is 2.49. The van der Waals surface area contributed by atoms with E-state index in [4.69, 9.17) is 4.74 Å². The number of nitrogens with one attached hydrogen (secondary N) is 2. The Morgan fingerprint density at radius 3 is 2.79 bits per heavy atom. The lowest BCUT2D eigenvalue weighted by molar-refractivity contribution is -0.131. The first-order valence-electron chi connectivity index (χ1n) is 6.93. The molecule has 0 bridgehead atoms. The minimum atomic E-state index is -0.317. The Kier molecular flexibility index (Phi) is 4.29. The molecule has 2 fully saturated rings. The van der Waals surface area contributed by atoms with Gasteiger partial charge >= 0.3 is 6.03 Å². The molecule has 1 aliphatic heterocycles. The fraction of sp³-hybridized carbons (Fsp3) is 0.846. The summed E-state index contributed by atoms with van der Waals surface area (Å²) in [7, 11) is 1.53. The highest BCUT2D eigenvalue weighted by Crippen LogP contribution is 2.49.